The summed E-state index contributed by atoms with van der Waals surface area (Å²) in [6.45, 7) is 2.09. The minimum atomic E-state index is 0.330. The van der Waals surface area contributed by atoms with Crippen LogP contribution in [-0.4, -0.2) is 18.0 Å². The molecule has 0 heterocycles. The van der Waals surface area contributed by atoms with Gasteiger partial charge in [-0.15, -0.1) is 0 Å². The van der Waals surface area contributed by atoms with E-state index in [1.165, 1.54) is 5.56 Å². The maximum atomic E-state index is 8.99. The number of hydrogen-bond acceptors (Lipinski definition) is 3. The van der Waals surface area contributed by atoms with Crippen molar-refractivity contribution in [2.75, 3.05) is 7.11 Å². The lowest BCUT2D eigenvalue weighted by Gasteiger charge is -2.22. The van der Waals surface area contributed by atoms with Crippen molar-refractivity contribution in [2.45, 2.75) is 19.8 Å². The lowest BCUT2D eigenvalue weighted by molar-refractivity contribution is 0.314. The number of hydrogen-bond donors (Lipinski definition) is 1. The summed E-state index contributed by atoms with van der Waals surface area (Å²) < 4.78 is 5.17. The van der Waals surface area contributed by atoms with Crippen LogP contribution in [0, 0.1) is 5.92 Å². The molecule has 1 aromatic carbocycles. The van der Waals surface area contributed by atoms with Gasteiger partial charge in [0.2, 0.25) is 0 Å². The number of ether oxygens (including phenoxy) is 1. The Morgan fingerprint density at radius 1 is 1.47 bits per heavy atom. The zero-order valence-corrected chi connectivity index (χ0v) is 9.03. The van der Waals surface area contributed by atoms with Crippen LogP contribution in [0.2, 0.25) is 0 Å². The number of benzene rings is 1. The Morgan fingerprint density at radius 2 is 2.27 bits per heavy atom. The van der Waals surface area contributed by atoms with Gasteiger partial charge in [-0.05, 0) is 36.6 Å². The van der Waals surface area contributed by atoms with Gasteiger partial charge in [0.15, 0.2) is 0 Å². The van der Waals surface area contributed by atoms with E-state index in [0.29, 0.717) is 5.92 Å². The number of fused-ring (bicyclic) bond motifs is 1. The smallest absolute Gasteiger partial charge is 0.119 e. The van der Waals surface area contributed by atoms with E-state index in [0.717, 1.165) is 29.9 Å². The maximum Gasteiger partial charge on any atom is 0.119 e. The summed E-state index contributed by atoms with van der Waals surface area (Å²) in [6, 6.07) is 5.90. The molecule has 0 aromatic heterocycles. The molecule has 80 valence electrons. The molecule has 1 aromatic rings. The van der Waals surface area contributed by atoms with Gasteiger partial charge in [0.1, 0.15) is 5.75 Å². The SMILES string of the molecule is COc1ccc2c(c1)CCC(C)/C2=N\O. The predicted molar refractivity (Wildman–Crippen MR) is 58.8 cm³/mol. The summed E-state index contributed by atoms with van der Waals surface area (Å²) in [4.78, 5) is 0. The first kappa shape index (κ1) is 10.0. The Balaban J connectivity index is 2.47. The van der Waals surface area contributed by atoms with Crippen molar-refractivity contribution >= 4 is 5.71 Å². The highest BCUT2D eigenvalue weighted by Gasteiger charge is 2.22. The van der Waals surface area contributed by atoms with E-state index in [9.17, 15) is 0 Å². The zero-order chi connectivity index (χ0) is 10.8. The first-order valence-electron chi connectivity index (χ1n) is 5.15. The molecule has 1 N–H and O–H groups in total. The first-order chi connectivity index (χ1) is 7.26. The van der Waals surface area contributed by atoms with Gasteiger partial charge in [-0.25, -0.2) is 0 Å². The molecule has 0 radical (unpaired) electrons. The third-order valence-electron chi connectivity index (χ3n) is 3.01. The molecule has 0 amide bonds. The molecule has 0 bridgehead atoms. The minimum absolute atomic E-state index is 0.330. The second-order valence-electron chi connectivity index (χ2n) is 3.95. The van der Waals surface area contributed by atoms with E-state index in [1.807, 2.05) is 18.2 Å². The van der Waals surface area contributed by atoms with E-state index in [2.05, 4.69) is 12.1 Å². The quantitative estimate of drug-likeness (QED) is 0.565. The van der Waals surface area contributed by atoms with E-state index in [-0.39, 0.29) is 0 Å². The molecule has 1 aliphatic rings. The van der Waals surface area contributed by atoms with Crippen LogP contribution in [0.25, 0.3) is 0 Å². The Morgan fingerprint density at radius 3 is 2.93 bits per heavy atom. The largest absolute Gasteiger partial charge is 0.497 e. The van der Waals surface area contributed by atoms with Crippen LogP contribution in [0.5, 0.6) is 5.75 Å². The van der Waals surface area contributed by atoms with Crippen LogP contribution < -0.4 is 4.74 Å². The molecule has 2 rings (SSSR count). The second-order valence-corrected chi connectivity index (χ2v) is 3.95. The summed E-state index contributed by atoms with van der Waals surface area (Å²) >= 11 is 0. The van der Waals surface area contributed by atoms with E-state index in [4.69, 9.17) is 9.94 Å². The van der Waals surface area contributed by atoms with Gasteiger partial charge in [-0.1, -0.05) is 12.1 Å². The molecule has 1 unspecified atom stereocenters. The summed E-state index contributed by atoms with van der Waals surface area (Å²) in [5, 5.41) is 12.4. The highest BCUT2D eigenvalue weighted by Crippen LogP contribution is 2.28. The molecule has 1 aliphatic carbocycles. The minimum Gasteiger partial charge on any atom is -0.497 e. The lowest BCUT2D eigenvalue weighted by Crippen LogP contribution is -2.21. The van der Waals surface area contributed by atoms with Crippen molar-refractivity contribution in [3.63, 3.8) is 0 Å². The van der Waals surface area contributed by atoms with E-state index >= 15 is 0 Å². The highest BCUT2D eigenvalue weighted by atomic mass is 16.5. The predicted octanol–water partition coefficient (Wildman–Crippen LogP) is 2.46. The second kappa shape index (κ2) is 3.93. The van der Waals surface area contributed by atoms with Crippen LogP contribution in [0.15, 0.2) is 23.4 Å². The third-order valence-corrected chi connectivity index (χ3v) is 3.01. The first-order valence-corrected chi connectivity index (χ1v) is 5.15. The maximum absolute atomic E-state index is 8.99. The Kier molecular flexibility index (Phi) is 2.62. The van der Waals surface area contributed by atoms with Gasteiger partial charge >= 0.3 is 0 Å². The molecule has 0 fully saturated rings. The van der Waals surface area contributed by atoms with Crippen molar-refractivity contribution < 1.29 is 9.94 Å². The molecule has 0 aliphatic heterocycles. The Bertz CT molecular complexity index is 399. The molecule has 15 heavy (non-hydrogen) atoms. The fourth-order valence-corrected chi connectivity index (χ4v) is 2.08. The van der Waals surface area contributed by atoms with Crippen LogP contribution >= 0.6 is 0 Å². The van der Waals surface area contributed by atoms with Crippen LogP contribution in [0.4, 0.5) is 0 Å². The molecule has 1 atom stereocenters. The highest BCUT2D eigenvalue weighted by molar-refractivity contribution is 6.03. The van der Waals surface area contributed by atoms with Crippen molar-refractivity contribution in [3.05, 3.63) is 29.3 Å². The summed E-state index contributed by atoms with van der Waals surface area (Å²) in [6.07, 6.45) is 2.05. The molecule has 0 saturated heterocycles. The molecule has 0 saturated carbocycles. The standard InChI is InChI=1S/C12H15NO2/c1-8-3-4-9-7-10(15-2)5-6-11(9)12(8)13-14/h5-8,14H,3-4H2,1-2H3/b13-12+. The average molecular weight is 205 g/mol. The van der Waals surface area contributed by atoms with E-state index in [1.54, 1.807) is 7.11 Å². The molecule has 3 nitrogen and oxygen atoms in total. The number of methoxy groups -OCH3 is 1. The fourth-order valence-electron chi connectivity index (χ4n) is 2.08. The summed E-state index contributed by atoms with van der Waals surface area (Å²) in [5.41, 5.74) is 3.05. The number of nitrogens with zero attached hydrogens (tertiary/aromatic N) is 1. The van der Waals surface area contributed by atoms with Gasteiger partial charge < -0.3 is 9.94 Å². The average Bonchev–Trinajstić information content (AvgIpc) is 2.28. The summed E-state index contributed by atoms with van der Waals surface area (Å²) in [5.74, 6) is 1.19. The normalized spacial score (nSPS) is 22.5. The molecule has 3 heteroatoms. The number of aryl methyl sites for hydroxylation is 1. The lowest BCUT2D eigenvalue weighted by atomic mass is 9.83. The molecular weight excluding hydrogens is 190 g/mol. The van der Waals surface area contributed by atoms with Gasteiger partial charge in [-0.3, -0.25) is 0 Å². The monoisotopic (exact) mass is 205 g/mol. The molecular formula is C12H15NO2. The number of oxime groups is 1. The zero-order valence-electron chi connectivity index (χ0n) is 9.03. The Hall–Kier alpha value is -1.51. The van der Waals surface area contributed by atoms with Gasteiger partial charge in [0, 0.05) is 11.5 Å². The van der Waals surface area contributed by atoms with Crippen LogP contribution in [0.3, 0.4) is 0 Å². The van der Waals surface area contributed by atoms with Crippen molar-refractivity contribution in [2.24, 2.45) is 11.1 Å². The van der Waals surface area contributed by atoms with Crippen molar-refractivity contribution in [1.82, 2.24) is 0 Å². The van der Waals surface area contributed by atoms with Crippen LogP contribution in [0.1, 0.15) is 24.5 Å². The molecule has 0 spiro atoms. The third kappa shape index (κ3) is 1.69. The van der Waals surface area contributed by atoms with Gasteiger partial charge in [0.05, 0.1) is 12.8 Å². The fraction of sp³-hybridized carbons (Fsp3) is 0.417. The Labute approximate surface area is 89.4 Å². The van der Waals surface area contributed by atoms with Crippen LogP contribution in [-0.2, 0) is 6.42 Å². The topological polar surface area (TPSA) is 41.8 Å². The van der Waals surface area contributed by atoms with Crippen molar-refractivity contribution in [1.29, 1.82) is 0 Å². The van der Waals surface area contributed by atoms with Crippen molar-refractivity contribution in [3.8, 4) is 5.75 Å². The van der Waals surface area contributed by atoms with Gasteiger partial charge in [-0.2, -0.15) is 0 Å². The number of rotatable bonds is 1. The van der Waals surface area contributed by atoms with Gasteiger partial charge in [0.25, 0.3) is 0 Å². The van der Waals surface area contributed by atoms with E-state index < -0.39 is 0 Å². The summed E-state index contributed by atoms with van der Waals surface area (Å²) in [7, 11) is 1.66.